The maximum atomic E-state index is 15.3. The molecule has 0 aromatic rings. The standard InChI is InChI=1S/C60H99F3N4O13/c1-39-23-25-46-42(49(60(61,62)63)72-50-58(46)43(39)26-28-55(10,74-50)78-58)37-66(33-18-19-36-71-57(12)41(3)45-24-22-40(2)44-27-29-56(11)75-51(76-57)59(44,45)80-79-56)38-47(68)64-30-20-32-65(13)31-16-17-35-67(52(70)77-54(7,8)9)34-15-14-21-48(69)73-53(4,5)6/h39-41,43-46,50-51H,14-38H2,1-13H3,(H,64,68)/t39-,40-,41-,43?,44?,45+,46+,50-,51+,55-,56+,57+,58-,59-/m1/s1. The molecular weight excluding hydrogens is 1040 g/mol. The third kappa shape index (κ3) is 14.1. The van der Waals surface area contributed by atoms with E-state index in [2.05, 4.69) is 31.0 Å². The molecule has 2 aliphatic carbocycles. The molecule has 2 unspecified atom stereocenters. The number of amides is 2. The number of halogens is 3. The minimum atomic E-state index is -4.79. The summed E-state index contributed by atoms with van der Waals surface area (Å²) in [6.45, 7) is 26.6. The van der Waals surface area contributed by atoms with Crippen LogP contribution in [0.2, 0.25) is 0 Å². The zero-order valence-corrected chi connectivity index (χ0v) is 50.7. The second kappa shape index (κ2) is 24.6. The lowest BCUT2D eigenvalue weighted by atomic mass is 9.57. The van der Waals surface area contributed by atoms with Crippen LogP contribution in [0.4, 0.5) is 18.0 Å². The summed E-state index contributed by atoms with van der Waals surface area (Å²) in [6.07, 6.45) is 4.04. The van der Waals surface area contributed by atoms with Gasteiger partial charge in [0.05, 0.1) is 13.2 Å². The molecule has 6 saturated heterocycles. The molecule has 458 valence electrons. The lowest BCUT2D eigenvalue weighted by Crippen LogP contribution is -2.72. The third-order valence-corrected chi connectivity index (χ3v) is 18.9. The van der Waals surface area contributed by atoms with Gasteiger partial charge in [0, 0.05) is 63.2 Å². The summed E-state index contributed by atoms with van der Waals surface area (Å²) in [4.78, 5) is 57.4. The molecule has 0 radical (unpaired) electrons. The average Bonchev–Trinajstić information content (AvgIpc) is 3.66. The topological polar surface area (TPSA) is 165 Å². The van der Waals surface area contributed by atoms with Gasteiger partial charge in [0.2, 0.25) is 23.7 Å². The van der Waals surface area contributed by atoms with Gasteiger partial charge in [-0.15, -0.1) is 0 Å². The molecule has 2 spiro atoms. The van der Waals surface area contributed by atoms with Crippen molar-refractivity contribution in [3.63, 3.8) is 0 Å². The zero-order valence-electron chi connectivity index (χ0n) is 50.7. The van der Waals surface area contributed by atoms with Gasteiger partial charge in [-0.3, -0.25) is 14.5 Å². The minimum Gasteiger partial charge on any atom is -0.460 e. The molecular formula is C60H99F3N4O13. The van der Waals surface area contributed by atoms with Crippen LogP contribution >= 0.6 is 0 Å². The number of alkyl halides is 3. The van der Waals surface area contributed by atoms with Gasteiger partial charge in [0.25, 0.3) is 0 Å². The van der Waals surface area contributed by atoms with E-state index in [1.165, 1.54) is 0 Å². The molecule has 8 fully saturated rings. The van der Waals surface area contributed by atoms with E-state index in [9.17, 15) is 14.4 Å². The second-order valence-electron chi connectivity index (χ2n) is 27.6. The van der Waals surface area contributed by atoms with Crippen LogP contribution < -0.4 is 5.32 Å². The molecule has 9 aliphatic rings. The van der Waals surface area contributed by atoms with Crippen LogP contribution in [0, 0.1) is 41.4 Å². The quantitative estimate of drug-likeness (QED) is 0.0551. The van der Waals surface area contributed by atoms with Crippen molar-refractivity contribution in [1.29, 1.82) is 0 Å². The number of rotatable bonds is 24. The maximum Gasteiger partial charge on any atom is 0.449 e. The van der Waals surface area contributed by atoms with Gasteiger partial charge in [-0.2, -0.15) is 13.2 Å². The van der Waals surface area contributed by atoms with Crippen molar-refractivity contribution < 1.29 is 75.2 Å². The molecule has 9 rings (SSSR count). The van der Waals surface area contributed by atoms with Gasteiger partial charge in [0.1, 0.15) is 16.8 Å². The average molecular weight is 1140 g/mol. The normalized spacial score (nSPS) is 36.5. The van der Waals surface area contributed by atoms with Crippen molar-refractivity contribution in [3.05, 3.63) is 11.3 Å². The Morgan fingerprint density at radius 1 is 0.675 bits per heavy atom. The Morgan fingerprint density at radius 2 is 1.29 bits per heavy atom. The van der Waals surface area contributed by atoms with Crippen LogP contribution in [0.3, 0.4) is 0 Å². The zero-order chi connectivity index (χ0) is 58.3. The second-order valence-corrected chi connectivity index (χ2v) is 27.6. The van der Waals surface area contributed by atoms with E-state index in [1.807, 2.05) is 74.3 Å². The summed E-state index contributed by atoms with van der Waals surface area (Å²) in [5.74, 6) is -4.28. The highest BCUT2D eigenvalue weighted by atomic mass is 19.4. The molecule has 20 heteroatoms. The van der Waals surface area contributed by atoms with Crippen LogP contribution in [0.1, 0.15) is 186 Å². The summed E-state index contributed by atoms with van der Waals surface area (Å²) in [5.41, 5.74) is -2.85. The smallest absolute Gasteiger partial charge is 0.449 e. The number of esters is 1. The van der Waals surface area contributed by atoms with Gasteiger partial charge in [0.15, 0.2) is 23.5 Å². The van der Waals surface area contributed by atoms with Gasteiger partial charge in [-0.25, -0.2) is 14.6 Å². The molecule has 7 heterocycles. The molecule has 2 amide bonds. The van der Waals surface area contributed by atoms with Gasteiger partial charge >= 0.3 is 18.2 Å². The summed E-state index contributed by atoms with van der Waals surface area (Å²) in [7, 11) is 2.02. The summed E-state index contributed by atoms with van der Waals surface area (Å²) in [5, 5.41) is 3.06. The first-order valence-electron chi connectivity index (χ1n) is 30.5. The Labute approximate surface area is 474 Å². The van der Waals surface area contributed by atoms with E-state index in [1.54, 1.807) is 4.90 Å². The van der Waals surface area contributed by atoms with Crippen molar-refractivity contribution in [2.75, 3.05) is 66.0 Å². The Hall–Kier alpha value is -2.82. The maximum absolute atomic E-state index is 15.3. The summed E-state index contributed by atoms with van der Waals surface area (Å²) < 4.78 is 96.3. The highest BCUT2D eigenvalue weighted by Gasteiger charge is 2.73. The van der Waals surface area contributed by atoms with E-state index in [0.29, 0.717) is 96.6 Å². The first-order chi connectivity index (χ1) is 37.4. The third-order valence-electron chi connectivity index (χ3n) is 18.9. The van der Waals surface area contributed by atoms with Crippen LogP contribution in [-0.2, 0) is 57.3 Å². The Morgan fingerprint density at radius 3 is 1.98 bits per heavy atom. The number of hydrogen-bond acceptors (Lipinski definition) is 15. The fraction of sp³-hybridized carbons (Fsp3) is 0.917. The summed E-state index contributed by atoms with van der Waals surface area (Å²) >= 11 is 0. The molecule has 14 atom stereocenters. The number of nitrogens with zero attached hydrogens (tertiary/aromatic N) is 3. The summed E-state index contributed by atoms with van der Waals surface area (Å²) in [6, 6.07) is 0. The lowest BCUT2D eigenvalue weighted by molar-refractivity contribution is -0.585. The number of unbranched alkanes of at least 4 members (excludes halogenated alkanes) is 3. The number of carbonyl (C=O) groups excluding carboxylic acids is 3. The van der Waals surface area contributed by atoms with Crippen molar-refractivity contribution in [3.8, 4) is 0 Å². The van der Waals surface area contributed by atoms with Crippen LogP contribution in [-0.4, -0.2) is 157 Å². The monoisotopic (exact) mass is 1140 g/mol. The number of hydrogen-bond donors (Lipinski definition) is 1. The van der Waals surface area contributed by atoms with E-state index >= 15 is 13.2 Å². The van der Waals surface area contributed by atoms with E-state index < -0.39 is 70.2 Å². The molecule has 1 N–H and O–H groups in total. The Kier molecular flexibility index (Phi) is 19.5. The lowest BCUT2D eigenvalue weighted by Gasteiger charge is -2.62. The number of carbonyl (C=O) groups is 3. The van der Waals surface area contributed by atoms with Crippen molar-refractivity contribution >= 4 is 18.0 Å². The van der Waals surface area contributed by atoms with Crippen molar-refractivity contribution in [2.24, 2.45) is 41.4 Å². The minimum absolute atomic E-state index is 0.0388. The van der Waals surface area contributed by atoms with E-state index in [-0.39, 0.29) is 72.6 Å². The fourth-order valence-corrected chi connectivity index (χ4v) is 14.8. The number of ether oxygens (including phenoxy) is 8. The number of nitrogens with one attached hydrogen (secondary N) is 1. The van der Waals surface area contributed by atoms with Crippen LogP contribution in [0.15, 0.2) is 11.3 Å². The van der Waals surface area contributed by atoms with Crippen molar-refractivity contribution in [1.82, 2.24) is 20.0 Å². The van der Waals surface area contributed by atoms with Gasteiger partial charge < -0.3 is 53.0 Å². The first-order valence-corrected chi connectivity index (χ1v) is 30.5. The molecule has 17 nitrogen and oxygen atoms in total. The van der Waals surface area contributed by atoms with Gasteiger partial charge in [-0.1, -0.05) is 20.8 Å². The molecule has 0 aromatic heterocycles. The highest BCUT2D eigenvalue weighted by Crippen LogP contribution is 2.65. The van der Waals surface area contributed by atoms with E-state index in [0.717, 1.165) is 51.5 Å². The van der Waals surface area contributed by atoms with Crippen LogP contribution in [0.25, 0.3) is 0 Å². The first kappa shape index (κ1) is 63.2. The largest absolute Gasteiger partial charge is 0.460 e. The van der Waals surface area contributed by atoms with Crippen LogP contribution in [0.5, 0.6) is 0 Å². The Bertz CT molecular complexity index is 2190. The molecule has 0 aromatic carbocycles. The molecule has 4 bridgehead atoms. The predicted molar refractivity (Wildman–Crippen MR) is 291 cm³/mol. The molecule has 7 aliphatic heterocycles. The molecule has 80 heavy (non-hydrogen) atoms. The van der Waals surface area contributed by atoms with Crippen molar-refractivity contribution in [2.45, 2.75) is 244 Å². The molecule has 2 saturated carbocycles. The highest BCUT2D eigenvalue weighted by molar-refractivity contribution is 5.78. The SMILES string of the molecule is C[C@@H]1CC[C@H]2C(CN(CCCCO[C@@]3(C)O[C@@H]4O[C@]5(C)CCC6[C@H](C)CC[C@@H]([C@H]3C)[C@]64OO5)CC(=O)NCCCN(C)CCCCN(CCCCC(=O)OC(C)(C)C)C(=O)OC(C)(C)C)=C(C(F)(F)F)O[C@@H]3O[C@@]4(C)CCC1[C@]32O4. The predicted octanol–water partition coefficient (Wildman–Crippen LogP) is 10.8. The fourth-order valence-electron chi connectivity index (χ4n) is 14.8. The Balaban J connectivity index is 0.868. The number of fused-ring (bicyclic) bond motifs is 3. The van der Waals surface area contributed by atoms with Gasteiger partial charge in [-0.05, 0) is 202 Å². The number of allylic oxidation sites excluding steroid dienone is 1. The van der Waals surface area contributed by atoms with E-state index in [4.69, 9.17) is 47.7 Å².